The Morgan fingerprint density at radius 2 is 2.20 bits per heavy atom. The highest BCUT2D eigenvalue weighted by Crippen LogP contribution is 2.23. The highest BCUT2D eigenvalue weighted by Gasteiger charge is 2.27. The van der Waals surface area contributed by atoms with Crippen LogP contribution in [0.3, 0.4) is 0 Å². The van der Waals surface area contributed by atoms with Crippen LogP contribution in [-0.2, 0) is 16.1 Å². The van der Waals surface area contributed by atoms with Gasteiger partial charge in [-0.2, -0.15) is 0 Å². The van der Waals surface area contributed by atoms with Gasteiger partial charge in [0, 0.05) is 13.1 Å². The van der Waals surface area contributed by atoms with Crippen LogP contribution in [0.1, 0.15) is 24.8 Å². The minimum Gasteiger partial charge on any atom is -0.469 e. The van der Waals surface area contributed by atoms with Crippen molar-refractivity contribution in [3.05, 3.63) is 35.9 Å². The SMILES string of the molecule is COC(=O)C[C@H](O)[C@H]1CCCN(Cc2ccccc2)C1. The summed E-state index contributed by atoms with van der Waals surface area (Å²) >= 11 is 0. The van der Waals surface area contributed by atoms with Crippen LogP contribution >= 0.6 is 0 Å². The number of aliphatic hydroxyl groups excluding tert-OH is 1. The maximum atomic E-state index is 11.2. The zero-order valence-corrected chi connectivity index (χ0v) is 12.0. The molecule has 2 rings (SSSR count). The van der Waals surface area contributed by atoms with Crippen LogP contribution < -0.4 is 0 Å². The van der Waals surface area contributed by atoms with Crippen molar-refractivity contribution in [3.63, 3.8) is 0 Å². The second-order valence-electron chi connectivity index (χ2n) is 5.47. The van der Waals surface area contributed by atoms with Crippen molar-refractivity contribution in [3.8, 4) is 0 Å². The molecular weight excluding hydrogens is 254 g/mol. The minimum absolute atomic E-state index is 0.0976. The van der Waals surface area contributed by atoms with E-state index < -0.39 is 6.10 Å². The van der Waals surface area contributed by atoms with Crippen molar-refractivity contribution in [2.45, 2.75) is 31.9 Å². The van der Waals surface area contributed by atoms with Gasteiger partial charge >= 0.3 is 5.97 Å². The van der Waals surface area contributed by atoms with Gasteiger partial charge in [0.25, 0.3) is 0 Å². The van der Waals surface area contributed by atoms with E-state index in [2.05, 4.69) is 21.8 Å². The fourth-order valence-corrected chi connectivity index (χ4v) is 2.81. The standard InChI is InChI=1S/C16H23NO3/c1-20-16(19)10-15(18)14-8-5-9-17(12-14)11-13-6-3-2-4-7-13/h2-4,6-7,14-15,18H,5,8-12H2,1H3/t14-,15-/m0/s1. The van der Waals surface area contributed by atoms with E-state index in [0.717, 1.165) is 32.5 Å². The lowest BCUT2D eigenvalue weighted by atomic mass is 9.90. The number of carbonyl (C=O) groups is 1. The van der Waals surface area contributed by atoms with Crippen molar-refractivity contribution in [1.29, 1.82) is 0 Å². The summed E-state index contributed by atoms with van der Waals surface area (Å²) in [5.41, 5.74) is 1.29. The average Bonchev–Trinajstić information content (AvgIpc) is 2.48. The monoisotopic (exact) mass is 277 g/mol. The van der Waals surface area contributed by atoms with E-state index in [-0.39, 0.29) is 18.3 Å². The first-order chi connectivity index (χ1) is 9.69. The molecule has 20 heavy (non-hydrogen) atoms. The van der Waals surface area contributed by atoms with Crippen LogP contribution in [0.15, 0.2) is 30.3 Å². The highest BCUT2D eigenvalue weighted by atomic mass is 16.5. The fourth-order valence-electron chi connectivity index (χ4n) is 2.81. The molecule has 0 aliphatic carbocycles. The van der Waals surface area contributed by atoms with Gasteiger partial charge in [0.15, 0.2) is 0 Å². The second-order valence-corrected chi connectivity index (χ2v) is 5.47. The summed E-state index contributed by atoms with van der Waals surface area (Å²) in [5.74, 6) is -0.177. The molecule has 0 saturated carbocycles. The van der Waals surface area contributed by atoms with Crippen molar-refractivity contribution in [2.24, 2.45) is 5.92 Å². The Labute approximate surface area is 120 Å². The number of nitrogens with zero attached hydrogens (tertiary/aromatic N) is 1. The predicted octanol–water partition coefficient (Wildman–Crippen LogP) is 1.82. The zero-order valence-electron chi connectivity index (χ0n) is 12.0. The Morgan fingerprint density at radius 3 is 2.90 bits per heavy atom. The number of benzene rings is 1. The molecule has 4 nitrogen and oxygen atoms in total. The summed E-state index contributed by atoms with van der Waals surface area (Å²) in [7, 11) is 1.36. The van der Waals surface area contributed by atoms with E-state index >= 15 is 0 Å². The third-order valence-corrected chi connectivity index (χ3v) is 3.94. The molecule has 110 valence electrons. The van der Waals surface area contributed by atoms with Crippen LogP contribution in [0.4, 0.5) is 0 Å². The van der Waals surface area contributed by atoms with Crippen LogP contribution in [0, 0.1) is 5.92 Å². The maximum Gasteiger partial charge on any atom is 0.308 e. The number of piperidine rings is 1. The molecule has 0 bridgehead atoms. The lowest BCUT2D eigenvalue weighted by Crippen LogP contribution is -2.40. The maximum absolute atomic E-state index is 11.2. The topological polar surface area (TPSA) is 49.8 Å². The lowest BCUT2D eigenvalue weighted by Gasteiger charge is -2.34. The Balaban J connectivity index is 1.86. The summed E-state index contributed by atoms with van der Waals surface area (Å²) < 4.78 is 4.62. The van der Waals surface area contributed by atoms with E-state index in [0.29, 0.717) is 0 Å². The van der Waals surface area contributed by atoms with E-state index in [4.69, 9.17) is 0 Å². The summed E-state index contributed by atoms with van der Waals surface area (Å²) in [4.78, 5) is 13.6. The molecule has 1 N–H and O–H groups in total. The number of methoxy groups -OCH3 is 1. The third kappa shape index (κ3) is 4.32. The predicted molar refractivity (Wildman–Crippen MR) is 77.1 cm³/mol. The van der Waals surface area contributed by atoms with Gasteiger partial charge in [-0.3, -0.25) is 9.69 Å². The van der Waals surface area contributed by atoms with Crippen LogP contribution in [-0.4, -0.2) is 42.3 Å². The van der Waals surface area contributed by atoms with Gasteiger partial charge in [-0.05, 0) is 30.9 Å². The molecule has 1 aliphatic heterocycles. The lowest BCUT2D eigenvalue weighted by molar-refractivity contribution is -0.144. The molecule has 0 spiro atoms. The summed E-state index contributed by atoms with van der Waals surface area (Å²) in [6.07, 6.45) is 1.54. The van der Waals surface area contributed by atoms with Crippen molar-refractivity contribution in [1.82, 2.24) is 4.90 Å². The number of aliphatic hydroxyl groups is 1. The second kappa shape index (κ2) is 7.41. The van der Waals surface area contributed by atoms with Gasteiger partial charge in [0.2, 0.25) is 0 Å². The zero-order chi connectivity index (χ0) is 14.4. The van der Waals surface area contributed by atoms with Gasteiger partial charge in [-0.15, -0.1) is 0 Å². The van der Waals surface area contributed by atoms with Gasteiger partial charge in [0.1, 0.15) is 0 Å². The molecule has 0 radical (unpaired) electrons. The number of ether oxygens (including phenoxy) is 1. The Morgan fingerprint density at radius 1 is 1.45 bits per heavy atom. The summed E-state index contributed by atoms with van der Waals surface area (Å²) in [6, 6.07) is 10.3. The van der Waals surface area contributed by atoms with Crippen LogP contribution in [0.25, 0.3) is 0 Å². The fraction of sp³-hybridized carbons (Fsp3) is 0.562. The van der Waals surface area contributed by atoms with Crippen molar-refractivity contribution >= 4 is 5.97 Å². The molecule has 1 aromatic carbocycles. The number of hydrogen-bond donors (Lipinski definition) is 1. The van der Waals surface area contributed by atoms with Crippen LogP contribution in [0.2, 0.25) is 0 Å². The van der Waals surface area contributed by atoms with E-state index in [1.807, 2.05) is 18.2 Å². The van der Waals surface area contributed by atoms with Crippen molar-refractivity contribution in [2.75, 3.05) is 20.2 Å². The molecule has 1 heterocycles. The molecule has 1 fully saturated rings. The molecule has 0 unspecified atom stereocenters. The number of likely N-dealkylation sites (tertiary alicyclic amines) is 1. The highest BCUT2D eigenvalue weighted by molar-refractivity contribution is 5.69. The Bertz CT molecular complexity index is 421. The van der Waals surface area contributed by atoms with Gasteiger partial charge < -0.3 is 9.84 Å². The normalized spacial score (nSPS) is 21.4. The van der Waals surface area contributed by atoms with Crippen molar-refractivity contribution < 1.29 is 14.6 Å². The summed E-state index contributed by atoms with van der Waals surface area (Å²) in [6.45, 7) is 2.80. The molecule has 4 heteroatoms. The van der Waals surface area contributed by atoms with Crippen LogP contribution in [0.5, 0.6) is 0 Å². The van der Waals surface area contributed by atoms with Gasteiger partial charge in [0.05, 0.1) is 19.6 Å². The number of esters is 1. The number of hydrogen-bond acceptors (Lipinski definition) is 4. The minimum atomic E-state index is -0.596. The molecule has 1 saturated heterocycles. The molecule has 0 aromatic heterocycles. The van der Waals surface area contributed by atoms with E-state index in [1.165, 1.54) is 12.7 Å². The number of rotatable bonds is 5. The average molecular weight is 277 g/mol. The Hall–Kier alpha value is -1.39. The van der Waals surface area contributed by atoms with E-state index in [1.54, 1.807) is 0 Å². The smallest absolute Gasteiger partial charge is 0.308 e. The van der Waals surface area contributed by atoms with Gasteiger partial charge in [-0.1, -0.05) is 30.3 Å². The molecule has 1 aliphatic rings. The van der Waals surface area contributed by atoms with Gasteiger partial charge in [-0.25, -0.2) is 0 Å². The first kappa shape index (κ1) is 15.0. The quantitative estimate of drug-likeness (QED) is 0.834. The first-order valence-corrected chi connectivity index (χ1v) is 7.20. The molecule has 1 aromatic rings. The van der Waals surface area contributed by atoms with E-state index in [9.17, 15) is 9.90 Å². The molecular formula is C16H23NO3. The Kier molecular flexibility index (Phi) is 5.56. The third-order valence-electron chi connectivity index (χ3n) is 3.94. The summed E-state index contributed by atoms with van der Waals surface area (Å²) in [5, 5.41) is 10.1. The molecule has 2 atom stereocenters. The molecule has 0 amide bonds. The number of carbonyl (C=O) groups excluding carboxylic acids is 1. The largest absolute Gasteiger partial charge is 0.469 e. The first-order valence-electron chi connectivity index (χ1n) is 7.20.